The van der Waals surface area contributed by atoms with E-state index in [1.54, 1.807) is 0 Å². The molecule has 4 aliphatic carbocycles. The summed E-state index contributed by atoms with van der Waals surface area (Å²) in [6, 6.07) is 44.5. The van der Waals surface area contributed by atoms with E-state index in [2.05, 4.69) is 197 Å². The van der Waals surface area contributed by atoms with Crippen molar-refractivity contribution in [3.05, 3.63) is 185 Å². The van der Waals surface area contributed by atoms with Gasteiger partial charge < -0.3 is 9.80 Å². The van der Waals surface area contributed by atoms with Gasteiger partial charge in [0.05, 0.1) is 0 Å². The standard InChI is InChI=1S/C48H44N2/c1-46(2)40-28-35(50(33-20-12-8-13-21-33)34-22-14-9-15-23-34)25-26-36(40)37-29-42-38(30-41(37)46)45-43(47(42,3)4)31-44(39-24-16-17-27-48(39,45)5)49(6)32-18-10-7-11-19-32/h7-26,28-31H,27H2,1-6H3. The van der Waals surface area contributed by atoms with Crippen LogP contribution >= 0.6 is 0 Å². The molecule has 0 fully saturated rings. The van der Waals surface area contributed by atoms with Crippen molar-refractivity contribution in [2.75, 3.05) is 16.8 Å². The Morgan fingerprint density at radius 3 is 1.74 bits per heavy atom. The molecule has 0 amide bonds. The summed E-state index contributed by atoms with van der Waals surface area (Å²) in [5.74, 6) is 0. The summed E-state index contributed by atoms with van der Waals surface area (Å²) in [5, 5.41) is 0. The predicted molar refractivity (Wildman–Crippen MR) is 212 cm³/mol. The predicted octanol–water partition coefficient (Wildman–Crippen LogP) is 12.4. The summed E-state index contributed by atoms with van der Waals surface area (Å²) in [6.07, 6.45) is 10.5. The number of nitrogens with zero attached hydrogens (tertiary/aromatic N) is 2. The Kier molecular flexibility index (Phi) is 6.65. The second-order valence-electron chi connectivity index (χ2n) is 15.7. The van der Waals surface area contributed by atoms with Gasteiger partial charge in [-0.15, -0.1) is 0 Å². The number of fused-ring (bicyclic) bond motifs is 7. The van der Waals surface area contributed by atoms with Crippen LogP contribution < -0.4 is 9.80 Å². The summed E-state index contributed by atoms with van der Waals surface area (Å²) in [7, 11) is 2.22. The molecule has 0 spiro atoms. The SMILES string of the molecule is CN(C1=CC2=C(c3cc4c(cc3C2(C)C)-c2ccc(N(c3ccccc3)c3ccccc3)cc2C4(C)C)C2(C)CC=CC=C12)c1ccccc1. The van der Waals surface area contributed by atoms with Gasteiger partial charge >= 0.3 is 0 Å². The molecule has 50 heavy (non-hydrogen) atoms. The lowest BCUT2D eigenvalue weighted by Gasteiger charge is -2.43. The van der Waals surface area contributed by atoms with Crippen LogP contribution in [0.5, 0.6) is 0 Å². The third-order valence-corrected chi connectivity index (χ3v) is 12.1. The second-order valence-corrected chi connectivity index (χ2v) is 15.7. The minimum Gasteiger partial charge on any atom is -0.344 e. The first-order valence-corrected chi connectivity index (χ1v) is 18.0. The molecular formula is C48H44N2. The number of para-hydroxylation sites is 3. The summed E-state index contributed by atoms with van der Waals surface area (Å²) >= 11 is 0. The fraction of sp³-hybridized carbons (Fsp3) is 0.208. The first-order chi connectivity index (χ1) is 24.1. The Labute approximate surface area is 297 Å². The van der Waals surface area contributed by atoms with Crippen LogP contribution in [0.2, 0.25) is 0 Å². The first-order valence-electron chi connectivity index (χ1n) is 18.0. The van der Waals surface area contributed by atoms with Gasteiger partial charge in [-0.05, 0) is 123 Å². The minimum atomic E-state index is -0.155. The fourth-order valence-electron chi connectivity index (χ4n) is 9.33. The molecule has 0 saturated heterocycles. The average Bonchev–Trinajstić information content (AvgIpc) is 3.50. The van der Waals surface area contributed by atoms with Crippen LogP contribution in [0.15, 0.2) is 162 Å². The average molecular weight is 649 g/mol. The van der Waals surface area contributed by atoms with Gasteiger partial charge in [0.25, 0.3) is 0 Å². The maximum absolute atomic E-state index is 2.58. The number of likely N-dealkylation sites (N-methyl/N-ethyl adjacent to an activating group) is 1. The van der Waals surface area contributed by atoms with Crippen LogP contribution in [0.3, 0.4) is 0 Å². The smallest absolute Gasteiger partial charge is 0.0465 e. The van der Waals surface area contributed by atoms with E-state index in [1.807, 2.05) is 0 Å². The molecule has 5 aromatic carbocycles. The molecule has 0 saturated carbocycles. The molecule has 2 heteroatoms. The van der Waals surface area contributed by atoms with Gasteiger partial charge in [-0.2, -0.15) is 0 Å². The number of hydrogen-bond donors (Lipinski definition) is 0. The Hall–Kier alpha value is -5.34. The third kappa shape index (κ3) is 4.27. The minimum absolute atomic E-state index is 0.122. The van der Waals surface area contributed by atoms with Crippen molar-refractivity contribution in [1.29, 1.82) is 0 Å². The summed E-state index contributed by atoms with van der Waals surface area (Å²) in [4.78, 5) is 4.76. The Bertz CT molecular complexity index is 2260. The van der Waals surface area contributed by atoms with Crippen molar-refractivity contribution in [3.63, 3.8) is 0 Å². The van der Waals surface area contributed by atoms with Crippen LogP contribution in [0.4, 0.5) is 22.7 Å². The lowest BCUT2D eigenvalue weighted by atomic mass is 9.63. The molecule has 9 rings (SSSR count). The lowest BCUT2D eigenvalue weighted by molar-refractivity contribution is 0.528. The maximum Gasteiger partial charge on any atom is 0.0465 e. The summed E-state index contributed by atoms with van der Waals surface area (Å²) < 4.78 is 0. The Morgan fingerprint density at radius 1 is 0.540 bits per heavy atom. The molecule has 0 bridgehead atoms. The van der Waals surface area contributed by atoms with E-state index in [1.165, 1.54) is 67.2 Å². The first kappa shape index (κ1) is 30.7. The number of anilines is 4. The fourth-order valence-corrected chi connectivity index (χ4v) is 9.33. The van der Waals surface area contributed by atoms with Crippen molar-refractivity contribution in [2.45, 2.75) is 51.9 Å². The molecule has 0 radical (unpaired) electrons. The van der Waals surface area contributed by atoms with Crippen LogP contribution in [0.25, 0.3) is 16.7 Å². The van der Waals surface area contributed by atoms with E-state index >= 15 is 0 Å². The lowest BCUT2D eigenvalue weighted by Crippen LogP contribution is -2.33. The van der Waals surface area contributed by atoms with Crippen molar-refractivity contribution < 1.29 is 0 Å². The van der Waals surface area contributed by atoms with E-state index in [9.17, 15) is 0 Å². The van der Waals surface area contributed by atoms with E-state index in [4.69, 9.17) is 0 Å². The van der Waals surface area contributed by atoms with E-state index in [-0.39, 0.29) is 16.2 Å². The molecule has 5 aromatic rings. The van der Waals surface area contributed by atoms with Gasteiger partial charge in [0.15, 0.2) is 0 Å². The molecular weight excluding hydrogens is 605 g/mol. The molecule has 2 nitrogen and oxygen atoms in total. The van der Waals surface area contributed by atoms with Crippen LogP contribution in [0, 0.1) is 5.41 Å². The highest BCUT2D eigenvalue weighted by atomic mass is 15.1. The van der Waals surface area contributed by atoms with Crippen LogP contribution in [-0.2, 0) is 10.8 Å². The van der Waals surface area contributed by atoms with E-state index < -0.39 is 0 Å². The largest absolute Gasteiger partial charge is 0.344 e. The van der Waals surface area contributed by atoms with Gasteiger partial charge in [-0.1, -0.05) is 114 Å². The van der Waals surface area contributed by atoms with Crippen molar-refractivity contribution in [1.82, 2.24) is 0 Å². The van der Waals surface area contributed by atoms with Crippen LogP contribution in [0.1, 0.15) is 63.3 Å². The summed E-state index contributed by atoms with van der Waals surface area (Å²) in [6.45, 7) is 12.2. The monoisotopic (exact) mass is 648 g/mol. The van der Waals surface area contributed by atoms with Gasteiger partial charge in [0, 0.05) is 51.7 Å². The van der Waals surface area contributed by atoms with Gasteiger partial charge in [-0.25, -0.2) is 0 Å². The molecule has 0 aliphatic heterocycles. The molecule has 246 valence electrons. The maximum atomic E-state index is 2.58. The Balaban J connectivity index is 1.20. The molecule has 4 aliphatic rings. The van der Waals surface area contributed by atoms with Gasteiger partial charge in [0.2, 0.25) is 0 Å². The van der Waals surface area contributed by atoms with E-state index in [0.717, 1.165) is 17.8 Å². The zero-order valence-electron chi connectivity index (χ0n) is 30.0. The molecule has 0 N–H and O–H groups in total. The van der Waals surface area contributed by atoms with Crippen molar-refractivity contribution >= 4 is 28.3 Å². The molecule has 0 heterocycles. The van der Waals surface area contributed by atoms with Crippen molar-refractivity contribution in [2.24, 2.45) is 5.41 Å². The molecule has 1 unspecified atom stereocenters. The number of rotatable bonds is 5. The van der Waals surface area contributed by atoms with Gasteiger partial charge in [-0.3, -0.25) is 0 Å². The normalized spacial score (nSPS) is 20.2. The number of benzene rings is 5. The summed E-state index contributed by atoms with van der Waals surface area (Å²) in [5.41, 5.74) is 18.4. The van der Waals surface area contributed by atoms with Crippen molar-refractivity contribution in [3.8, 4) is 11.1 Å². The van der Waals surface area contributed by atoms with E-state index in [0.29, 0.717) is 0 Å². The quantitative estimate of drug-likeness (QED) is 0.187. The zero-order chi connectivity index (χ0) is 34.4. The van der Waals surface area contributed by atoms with Gasteiger partial charge in [0.1, 0.15) is 0 Å². The molecule has 1 atom stereocenters. The number of hydrogen-bond acceptors (Lipinski definition) is 2. The highest BCUT2D eigenvalue weighted by molar-refractivity contribution is 5.95. The Morgan fingerprint density at radius 2 is 1.10 bits per heavy atom. The third-order valence-electron chi connectivity index (χ3n) is 12.1. The molecule has 0 aromatic heterocycles. The highest BCUT2D eigenvalue weighted by Crippen LogP contribution is 2.63. The zero-order valence-corrected chi connectivity index (χ0v) is 30.0. The topological polar surface area (TPSA) is 6.48 Å². The second kappa shape index (κ2) is 10.8. The number of allylic oxidation sites excluding steroid dienone is 7. The van der Waals surface area contributed by atoms with Crippen LogP contribution in [-0.4, -0.2) is 7.05 Å². The highest BCUT2D eigenvalue weighted by Gasteiger charge is 2.50.